The van der Waals surface area contributed by atoms with Crippen molar-refractivity contribution in [2.45, 2.75) is 13.0 Å². The number of hydrogen-bond donors (Lipinski definition) is 1. The maximum atomic E-state index is 12.1. The van der Waals surface area contributed by atoms with Crippen LogP contribution in [0.2, 0.25) is 0 Å². The van der Waals surface area contributed by atoms with Gasteiger partial charge in [0.25, 0.3) is 10.2 Å². The van der Waals surface area contributed by atoms with E-state index in [9.17, 15) is 8.42 Å². The highest BCUT2D eigenvalue weighted by molar-refractivity contribution is 7.86. The fraction of sp³-hybridized carbons (Fsp3) is 0.545. The summed E-state index contributed by atoms with van der Waals surface area (Å²) in [5, 5.41) is 0. The summed E-state index contributed by atoms with van der Waals surface area (Å²) in [4.78, 5) is 4.11. The van der Waals surface area contributed by atoms with Gasteiger partial charge in [-0.15, -0.1) is 0 Å². The van der Waals surface area contributed by atoms with Gasteiger partial charge >= 0.3 is 0 Å². The zero-order chi connectivity index (χ0) is 13.6. The lowest BCUT2D eigenvalue weighted by atomic mass is 10.3. The lowest BCUT2D eigenvalue weighted by Gasteiger charge is -2.23. The van der Waals surface area contributed by atoms with Gasteiger partial charge in [-0.1, -0.05) is 6.07 Å². The van der Waals surface area contributed by atoms with Crippen molar-refractivity contribution in [3.05, 3.63) is 30.1 Å². The summed E-state index contributed by atoms with van der Waals surface area (Å²) >= 11 is 0. The van der Waals surface area contributed by atoms with Crippen LogP contribution in [0.3, 0.4) is 0 Å². The van der Waals surface area contributed by atoms with Crippen molar-refractivity contribution in [2.75, 3.05) is 27.2 Å². The van der Waals surface area contributed by atoms with Gasteiger partial charge in [-0.05, 0) is 25.1 Å². The van der Waals surface area contributed by atoms with E-state index in [4.69, 9.17) is 5.73 Å². The van der Waals surface area contributed by atoms with Gasteiger partial charge < -0.3 is 5.73 Å². The van der Waals surface area contributed by atoms with Crippen LogP contribution in [-0.2, 0) is 16.8 Å². The van der Waals surface area contributed by atoms with Crippen molar-refractivity contribution in [1.29, 1.82) is 0 Å². The summed E-state index contributed by atoms with van der Waals surface area (Å²) in [6, 6.07) is 5.43. The molecule has 0 aliphatic heterocycles. The van der Waals surface area contributed by atoms with Gasteiger partial charge in [0.15, 0.2) is 0 Å². The molecule has 0 aliphatic rings. The van der Waals surface area contributed by atoms with Crippen LogP contribution in [0.5, 0.6) is 0 Å². The van der Waals surface area contributed by atoms with E-state index in [1.54, 1.807) is 32.4 Å². The molecule has 0 aromatic carbocycles. The Labute approximate surface area is 109 Å². The summed E-state index contributed by atoms with van der Waals surface area (Å²) in [6.07, 6.45) is 2.29. The van der Waals surface area contributed by atoms with E-state index in [-0.39, 0.29) is 6.54 Å². The Kier molecular flexibility index (Phi) is 5.67. The van der Waals surface area contributed by atoms with Crippen molar-refractivity contribution in [3.8, 4) is 0 Å². The second kappa shape index (κ2) is 6.79. The van der Waals surface area contributed by atoms with E-state index < -0.39 is 10.2 Å². The maximum Gasteiger partial charge on any atom is 0.281 e. The second-order valence-electron chi connectivity index (χ2n) is 4.05. The Morgan fingerprint density at radius 3 is 2.56 bits per heavy atom. The quantitative estimate of drug-likeness (QED) is 0.760. The van der Waals surface area contributed by atoms with E-state index >= 15 is 0 Å². The molecule has 102 valence electrons. The molecule has 0 atom stereocenters. The lowest BCUT2D eigenvalue weighted by Crippen LogP contribution is -2.40. The molecule has 1 heterocycles. The Morgan fingerprint density at radius 2 is 2.00 bits per heavy atom. The molecule has 1 rings (SSSR count). The Bertz CT molecular complexity index is 449. The Morgan fingerprint density at radius 1 is 1.28 bits per heavy atom. The lowest BCUT2D eigenvalue weighted by molar-refractivity contribution is 0.385. The van der Waals surface area contributed by atoms with Crippen LogP contribution in [0.1, 0.15) is 12.1 Å². The molecular weight excluding hydrogens is 252 g/mol. The summed E-state index contributed by atoms with van der Waals surface area (Å²) in [5.74, 6) is 0. The van der Waals surface area contributed by atoms with E-state index in [0.717, 1.165) is 5.69 Å². The molecular formula is C11H20N4O2S. The number of pyridine rings is 1. The average Bonchev–Trinajstić information content (AvgIpc) is 2.36. The van der Waals surface area contributed by atoms with Crippen LogP contribution in [0.4, 0.5) is 0 Å². The second-order valence-corrected chi connectivity index (χ2v) is 6.19. The van der Waals surface area contributed by atoms with Gasteiger partial charge in [0.1, 0.15) is 0 Å². The number of rotatable bonds is 7. The average molecular weight is 272 g/mol. The van der Waals surface area contributed by atoms with Gasteiger partial charge in [0, 0.05) is 26.8 Å². The monoisotopic (exact) mass is 272 g/mol. The summed E-state index contributed by atoms with van der Waals surface area (Å²) in [5.41, 5.74) is 6.09. The van der Waals surface area contributed by atoms with E-state index in [0.29, 0.717) is 19.5 Å². The van der Waals surface area contributed by atoms with Crippen LogP contribution in [-0.4, -0.2) is 49.2 Å². The highest BCUT2D eigenvalue weighted by Gasteiger charge is 2.23. The molecule has 2 N–H and O–H groups in total. The zero-order valence-corrected chi connectivity index (χ0v) is 11.6. The van der Waals surface area contributed by atoms with Crippen molar-refractivity contribution < 1.29 is 8.42 Å². The zero-order valence-electron chi connectivity index (χ0n) is 10.8. The standard InChI is InChI=1S/C11H20N4O2S/c1-14(9-5-7-12)18(16,17)15(2)10-11-6-3-4-8-13-11/h3-4,6,8H,5,7,9-10,12H2,1-2H3. The highest BCUT2D eigenvalue weighted by atomic mass is 32.2. The third-order valence-electron chi connectivity index (χ3n) is 2.58. The molecule has 0 bridgehead atoms. The molecule has 1 aromatic rings. The van der Waals surface area contributed by atoms with Crippen LogP contribution in [0, 0.1) is 0 Å². The number of nitrogens with zero attached hydrogens (tertiary/aromatic N) is 3. The molecule has 0 radical (unpaired) electrons. The smallest absolute Gasteiger partial charge is 0.281 e. The van der Waals surface area contributed by atoms with Gasteiger partial charge in [-0.2, -0.15) is 17.0 Å². The van der Waals surface area contributed by atoms with Crippen LogP contribution in [0.25, 0.3) is 0 Å². The third kappa shape index (κ3) is 4.02. The van der Waals surface area contributed by atoms with Gasteiger partial charge in [0.05, 0.1) is 12.2 Å². The van der Waals surface area contributed by atoms with Crippen LogP contribution in [0.15, 0.2) is 24.4 Å². The topological polar surface area (TPSA) is 79.5 Å². The largest absolute Gasteiger partial charge is 0.330 e. The third-order valence-corrected chi connectivity index (χ3v) is 4.46. The minimum absolute atomic E-state index is 0.260. The Balaban J connectivity index is 2.67. The summed E-state index contributed by atoms with van der Waals surface area (Å²) in [6.45, 7) is 1.16. The van der Waals surface area contributed by atoms with Crippen LogP contribution < -0.4 is 5.73 Å². The molecule has 6 nitrogen and oxygen atoms in total. The van der Waals surface area contributed by atoms with E-state index in [1.165, 1.54) is 8.61 Å². The normalized spacial score (nSPS) is 12.3. The maximum absolute atomic E-state index is 12.1. The number of nitrogens with two attached hydrogens (primary N) is 1. The molecule has 0 amide bonds. The first kappa shape index (κ1) is 15.0. The molecule has 0 unspecified atom stereocenters. The fourth-order valence-electron chi connectivity index (χ4n) is 1.47. The number of aromatic nitrogens is 1. The van der Waals surface area contributed by atoms with Crippen molar-refractivity contribution >= 4 is 10.2 Å². The molecule has 0 saturated carbocycles. The van der Waals surface area contributed by atoms with E-state index in [1.807, 2.05) is 6.07 Å². The Hall–Kier alpha value is -1.02. The first-order chi connectivity index (χ1) is 8.48. The van der Waals surface area contributed by atoms with Crippen LogP contribution >= 0.6 is 0 Å². The molecule has 0 spiro atoms. The minimum atomic E-state index is -3.44. The van der Waals surface area contributed by atoms with E-state index in [2.05, 4.69) is 4.98 Å². The summed E-state index contributed by atoms with van der Waals surface area (Å²) < 4.78 is 26.8. The summed E-state index contributed by atoms with van der Waals surface area (Å²) in [7, 11) is -0.338. The highest BCUT2D eigenvalue weighted by Crippen LogP contribution is 2.08. The minimum Gasteiger partial charge on any atom is -0.330 e. The number of hydrogen-bond acceptors (Lipinski definition) is 4. The first-order valence-electron chi connectivity index (χ1n) is 5.76. The predicted molar refractivity (Wildman–Crippen MR) is 70.9 cm³/mol. The van der Waals surface area contributed by atoms with Gasteiger partial charge in [-0.25, -0.2) is 0 Å². The predicted octanol–water partition coefficient (Wildman–Crippen LogP) is 0.0388. The molecule has 18 heavy (non-hydrogen) atoms. The molecule has 0 fully saturated rings. The molecule has 0 aliphatic carbocycles. The molecule has 1 aromatic heterocycles. The molecule has 7 heteroatoms. The van der Waals surface area contributed by atoms with Crippen molar-refractivity contribution in [2.24, 2.45) is 5.73 Å². The SMILES string of the molecule is CN(CCCN)S(=O)(=O)N(C)Cc1ccccn1. The van der Waals surface area contributed by atoms with Crippen molar-refractivity contribution in [3.63, 3.8) is 0 Å². The first-order valence-corrected chi connectivity index (χ1v) is 7.15. The fourth-order valence-corrected chi connectivity index (χ4v) is 2.60. The van der Waals surface area contributed by atoms with Crippen molar-refractivity contribution in [1.82, 2.24) is 13.6 Å². The van der Waals surface area contributed by atoms with Gasteiger partial charge in [0.2, 0.25) is 0 Å². The molecule has 0 saturated heterocycles. The van der Waals surface area contributed by atoms with Gasteiger partial charge in [-0.3, -0.25) is 4.98 Å².